The van der Waals surface area contributed by atoms with Crippen LogP contribution in [-0.4, -0.2) is 31.9 Å². The SMILES string of the molecule is O=C1c2ccc(/C=C/c3ccc(O)c(O)c3)cc2C(=O)C1c1nc2ccccc2cc1O. The number of Topliss-reactive ketones (excluding diaryl/α,β-unsaturated/α-hetero) is 2. The number of hydrogen-bond acceptors (Lipinski definition) is 6. The average Bonchev–Trinajstić information content (AvgIpc) is 3.03. The number of nitrogens with zero attached hydrogens (tertiary/aromatic N) is 1. The van der Waals surface area contributed by atoms with Crippen LogP contribution in [0.25, 0.3) is 23.1 Å². The molecule has 1 aromatic heterocycles. The van der Waals surface area contributed by atoms with E-state index in [2.05, 4.69) is 4.98 Å². The summed E-state index contributed by atoms with van der Waals surface area (Å²) < 4.78 is 0. The maximum absolute atomic E-state index is 13.1. The second kappa shape index (κ2) is 7.35. The molecule has 3 aromatic carbocycles. The molecule has 0 saturated heterocycles. The first-order chi connectivity index (χ1) is 15.4. The molecule has 1 atom stereocenters. The van der Waals surface area contributed by atoms with Gasteiger partial charge in [-0.25, -0.2) is 4.98 Å². The Morgan fingerprint density at radius 3 is 2.16 bits per heavy atom. The zero-order chi connectivity index (χ0) is 22.4. The van der Waals surface area contributed by atoms with Gasteiger partial charge < -0.3 is 15.3 Å². The average molecular weight is 423 g/mol. The Morgan fingerprint density at radius 1 is 0.688 bits per heavy atom. The quantitative estimate of drug-likeness (QED) is 0.251. The van der Waals surface area contributed by atoms with Crippen molar-refractivity contribution in [1.29, 1.82) is 0 Å². The van der Waals surface area contributed by atoms with Gasteiger partial charge in [-0.15, -0.1) is 0 Å². The minimum atomic E-state index is -1.18. The fourth-order valence-corrected chi connectivity index (χ4v) is 3.93. The van der Waals surface area contributed by atoms with Crippen molar-refractivity contribution in [3.63, 3.8) is 0 Å². The molecule has 0 radical (unpaired) electrons. The smallest absolute Gasteiger partial charge is 0.180 e. The van der Waals surface area contributed by atoms with Crippen LogP contribution in [0, 0.1) is 0 Å². The van der Waals surface area contributed by atoms with E-state index in [1.54, 1.807) is 54.6 Å². The molecule has 5 rings (SSSR count). The molecule has 6 heteroatoms. The van der Waals surface area contributed by atoms with Gasteiger partial charge in [-0.3, -0.25) is 9.59 Å². The van der Waals surface area contributed by atoms with Gasteiger partial charge in [0.1, 0.15) is 17.4 Å². The molecule has 0 fully saturated rings. The van der Waals surface area contributed by atoms with Crippen LogP contribution < -0.4 is 0 Å². The first-order valence-electron chi connectivity index (χ1n) is 9.93. The lowest BCUT2D eigenvalue weighted by Crippen LogP contribution is -2.14. The number of aromatic nitrogens is 1. The molecular weight excluding hydrogens is 406 g/mol. The van der Waals surface area contributed by atoms with Gasteiger partial charge in [-0.05, 0) is 41.5 Å². The maximum atomic E-state index is 13.1. The fraction of sp³-hybridized carbons (Fsp3) is 0.0385. The number of benzene rings is 3. The standard InChI is InChI=1S/C26H17NO5/c28-20-10-8-15(12-21(20)29)6-5-14-7-9-17-18(11-14)26(32)23(25(17)31)24-22(30)13-16-3-1-2-4-19(16)27-24/h1-13,23,28-30H/b6-5+. The second-order valence-electron chi connectivity index (χ2n) is 7.63. The molecule has 1 heterocycles. The summed E-state index contributed by atoms with van der Waals surface area (Å²) in [6, 6.07) is 18.1. The second-order valence-corrected chi connectivity index (χ2v) is 7.63. The van der Waals surface area contributed by atoms with Gasteiger partial charge in [-0.2, -0.15) is 0 Å². The van der Waals surface area contributed by atoms with E-state index < -0.39 is 11.7 Å². The predicted octanol–water partition coefficient (Wildman–Crippen LogP) is 4.68. The van der Waals surface area contributed by atoms with Crippen LogP contribution in [0.2, 0.25) is 0 Å². The van der Waals surface area contributed by atoms with Crippen molar-refractivity contribution in [2.24, 2.45) is 0 Å². The number of pyridine rings is 1. The Hall–Kier alpha value is -4.45. The Morgan fingerprint density at radius 2 is 1.38 bits per heavy atom. The van der Waals surface area contributed by atoms with Crippen molar-refractivity contribution in [3.8, 4) is 17.2 Å². The van der Waals surface area contributed by atoms with Crippen LogP contribution >= 0.6 is 0 Å². The lowest BCUT2D eigenvalue weighted by molar-refractivity contribution is 0.0886. The van der Waals surface area contributed by atoms with E-state index in [1.807, 2.05) is 6.07 Å². The lowest BCUT2D eigenvalue weighted by atomic mass is 9.97. The van der Waals surface area contributed by atoms with Crippen molar-refractivity contribution < 1.29 is 24.9 Å². The zero-order valence-corrected chi connectivity index (χ0v) is 16.7. The normalized spacial score (nSPS) is 15.6. The molecule has 3 N–H and O–H groups in total. The number of carbonyl (C=O) groups excluding carboxylic acids is 2. The highest BCUT2D eigenvalue weighted by Gasteiger charge is 2.42. The Kier molecular flexibility index (Phi) is 4.48. The topological polar surface area (TPSA) is 108 Å². The molecule has 0 bridgehead atoms. The Labute approximate surface area is 182 Å². The molecule has 1 aliphatic carbocycles. The number of rotatable bonds is 3. The molecule has 0 amide bonds. The Bertz CT molecular complexity index is 1450. The Balaban J connectivity index is 1.50. The predicted molar refractivity (Wildman–Crippen MR) is 120 cm³/mol. The molecule has 32 heavy (non-hydrogen) atoms. The molecule has 4 aromatic rings. The lowest BCUT2D eigenvalue weighted by Gasteiger charge is -2.10. The molecule has 0 saturated carbocycles. The molecule has 0 spiro atoms. The van der Waals surface area contributed by atoms with E-state index in [0.29, 0.717) is 22.2 Å². The van der Waals surface area contributed by atoms with E-state index >= 15 is 0 Å². The fourth-order valence-electron chi connectivity index (χ4n) is 3.93. The summed E-state index contributed by atoms with van der Waals surface area (Å²) in [7, 11) is 0. The first-order valence-corrected chi connectivity index (χ1v) is 9.93. The van der Waals surface area contributed by atoms with E-state index in [1.165, 1.54) is 18.2 Å². The van der Waals surface area contributed by atoms with Crippen molar-refractivity contribution >= 4 is 34.6 Å². The molecule has 0 aliphatic heterocycles. The molecule has 6 nitrogen and oxygen atoms in total. The zero-order valence-electron chi connectivity index (χ0n) is 16.7. The summed E-state index contributed by atoms with van der Waals surface area (Å²) >= 11 is 0. The van der Waals surface area contributed by atoms with Gasteiger partial charge in [0.05, 0.1) is 5.52 Å². The summed E-state index contributed by atoms with van der Waals surface area (Å²) in [4.78, 5) is 30.6. The van der Waals surface area contributed by atoms with Crippen molar-refractivity contribution in [1.82, 2.24) is 4.98 Å². The minimum absolute atomic E-state index is 0.0616. The van der Waals surface area contributed by atoms with Crippen molar-refractivity contribution in [2.45, 2.75) is 5.92 Å². The van der Waals surface area contributed by atoms with Crippen LogP contribution in [0.4, 0.5) is 0 Å². The summed E-state index contributed by atoms with van der Waals surface area (Å²) in [5.74, 6) is -2.59. The number of phenols is 2. The van der Waals surface area contributed by atoms with E-state index in [9.17, 15) is 24.9 Å². The highest BCUT2D eigenvalue weighted by atomic mass is 16.3. The largest absolute Gasteiger partial charge is 0.506 e. The number of phenolic OH excluding ortho intramolecular Hbond substituents is 2. The number of carbonyl (C=O) groups is 2. The summed E-state index contributed by atoms with van der Waals surface area (Å²) in [6.07, 6.45) is 3.46. The maximum Gasteiger partial charge on any atom is 0.180 e. The van der Waals surface area contributed by atoms with Crippen LogP contribution in [0.15, 0.2) is 66.7 Å². The van der Waals surface area contributed by atoms with Gasteiger partial charge in [0, 0.05) is 16.5 Å². The van der Waals surface area contributed by atoms with Gasteiger partial charge in [0.2, 0.25) is 0 Å². The van der Waals surface area contributed by atoms with Crippen molar-refractivity contribution in [3.05, 3.63) is 94.7 Å². The molecule has 156 valence electrons. The summed E-state index contributed by atoms with van der Waals surface area (Å²) in [6.45, 7) is 0. The van der Waals surface area contributed by atoms with E-state index in [-0.39, 0.29) is 34.3 Å². The third-order valence-electron chi connectivity index (χ3n) is 5.57. The number of aromatic hydroxyl groups is 3. The third-order valence-corrected chi connectivity index (χ3v) is 5.57. The molecule has 1 unspecified atom stereocenters. The monoisotopic (exact) mass is 423 g/mol. The van der Waals surface area contributed by atoms with Gasteiger partial charge in [-0.1, -0.05) is 48.6 Å². The number of para-hydroxylation sites is 1. The van der Waals surface area contributed by atoms with Crippen molar-refractivity contribution in [2.75, 3.05) is 0 Å². The molecule has 1 aliphatic rings. The van der Waals surface area contributed by atoms with Crippen LogP contribution in [0.5, 0.6) is 17.2 Å². The minimum Gasteiger partial charge on any atom is -0.506 e. The van der Waals surface area contributed by atoms with Crippen LogP contribution in [0.3, 0.4) is 0 Å². The van der Waals surface area contributed by atoms with E-state index in [0.717, 1.165) is 5.39 Å². The number of hydrogen-bond donors (Lipinski definition) is 3. The first kappa shape index (κ1) is 19.5. The summed E-state index contributed by atoms with van der Waals surface area (Å²) in [5.41, 5.74) is 2.59. The van der Waals surface area contributed by atoms with Gasteiger partial charge in [0.15, 0.2) is 23.1 Å². The molecular formula is C26H17NO5. The number of ketones is 2. The van der Waals surface area contributed by atoms with Crippen LogP contribution in [0.1, 0.15) is 43.5 Å². The summed E-state index contributed by atoms with van der Waals surface area (Å²) in [5, 5.41) is 30.2. The third kappa shape index (κ3) is 3.18. The highest BCUT2D eigenvalue weighted by Crippen LogP contribution is 2.38. The van der Waals surface area contributed by atoms with Gasteiger partial charge in [0.25, 0.3) is 0 Å². The van der Waals surface area contributed by atoms with Gasteiger partial charge >= 0.3 is 0 Å². The number of fused-ring (bicyclic) bond motifs is 2. The highest BCUT2D eigenvalue weighted by molar-refractivity contribution is 6.30. The van der Waals surface area contributed by atoms with E-state index in [4.69, 9.17) is 0 Å². The van der Waals surface area contributed by atoms with Crippen LogP contribution in [-0.2, 0) is 0 Å².